The number of amides is 2. The van der Waals surface area contributed by atoms with E-state index in [1.54, 1.807) is 16.8 Å². The van der Waals surface area contributed by atoms with Gasteiger partial charge in [-0.1, -0.05) is 17.7 Å². The largest absolute Gasteiger partial charge is 0.341 e. The van der Waals surface area contributed by atoms with Crippen LogP contribution < -0.4 is 10.6 Å². The summed E-state index contributed by atoms with van der Waals surface area (Å²) in [5, 5.41) is 0. The van der Waals surface area contributed by atoms with Crippen LogP contribution >= 0.6 is 12.4 Å². The van der Waals surface area contributed by atoms with Gasteiger partial charge in [0.25, 0.3) is 0 Å². The van der Waals surface area contributed by atoms with Crippen molar-refractivity contribution in [2.24, 2.45) is 11.7 Å². The first-order valence-corrected chi connectivity index (χ1v) is 7.27. The van der Waals surface area contributed by atoms with Gasteiger partial charge in [-0.15, -0.1) is 12.4 Å². The number of aryl methyl sites for hydroxylation is 1. The molecule has 0 aromatic heterocycles. The minimum atomic E-state index is -0.280. The lowest BCUT2D eigenvalue weighted by Crippen LogP contribution is -2.43. The van der Waals surface area contributed by atoms with E-state index in [9.17, 15) is 9.59 Å². The van der Waals surface area contributed by atoms with Crippen LogP contribution in [-0.4, -0.2) is 42.9 Å². The minimum absolute atomic E-state index is 0. The first-order valence-electron chi connectivity index (χ1n) is 7.27. The molecule has 0 bridgehead atoms. The molecule has 2 N–H and O–H groups in total. The lowest BCUT2D eigenvalue weighted by molar-refractivity contribution is -0.136. The lowest BCUT2D eigenvalue weighted by Gasteiger charge is -2.26. The standard InChI is InChI=1S/C16H23N3O2.ClH/c1-11-4-6-14(7-5-11)19-10-13(8-15(19)20)16(21)18(3)12(2)9-17;/h4-7,12-13H,8-10,17H2,1-3H3;1H. The topological polar surface area (TPSA) is 66.6 Å². The van der Waals surface area contributed by atoms with E-state index < -0.39 is 0 Å². The van der Waals surface area contributed by atoms with Gasteiger partial charge in [-0.25, -0.2) is 0 Å². The van der Waals surface area contributed by atoms with Crippen LogP contribution in [0.2, 0.25) is 0 Å². The van der Waals surface area contributed by atoms with E-state index in [-0.39, 0.29) is 42.6 Å². The predicted octanol–water partition coefficient (Wildman–Crippen LogP) is 1.58. The highest BCUT2D eigenvalue weighted by atomic mass is 35.5. The Balaban J connectivity index is 0.00000242. The van der Waals surface area contributed by atoms with Crippen molar-refractivity contribution < 1.29 is 9.59 Å². The molecule has 0 spiro atoms. The molecule has 1 saturated heterocycles. The number of hydrogen-bond acceptors (Lipinski definition) is 3. The smallest absolute Gasteiger partial charge is 0.228 e. The van der Waals surface area contributed by atoms with E-state index in [1.807, 2.05) is 38.1 Å². The van der Waals surface area contributed by atoms with Gasteiger partial charge >= 0.3 is 0 Å². The van der Waals surface area contributed by atoms with Crippen LogP contribution in [0.15, 0.2) is 24.3 Å². The molecule has 1 fully saturated rings. The number of nitrogens with zero attached hydrogens (tertiary/aromatic N) is 2. The van der Waals surface area contributed by atoms with Crippen LogP contribution in [0.4, 0.5) is 5.69 Å². The summed E-state index contributed by atoms with van der Waals surface area (Å²) in [6.07, 6.45) is 0.272. The third kappa shape index (κ3) is 3.78. The molecule has 2 rings (SSSR count). The zero-order valence-electron chi connectivity index (χ0n) is 13.3. The SMILES string of the molecule is Cc1ccc(N2CC(C(=O)N(C)C(C)CN)CC2=O)cc1.Cl. The number of carbonyl (C=O) groups is 2. The molecule has 2 amide bonds. The van der Waals surface area contributed by atoms with Crippen molar-refractivity contribution >= 4 is 29.9 Å². The lowest BCUT2D eigenvalue weighted by atomic mass is 10.1. The minimum Gasteiger partial charge on any atom is -0.341 e. The molecule has 1 aliphatic heterocycles. The second-order valence-electron chi connectivity index (χ2n) is 5.77. The Labute approximate surface area is 137 Å². The maximum absolute atomic E-state index is 12.4. The molecule has 2 unspecified atom stereocenters. The summed E-state index contributed by atoms with van der Waals surface area (Å²) < 4.78 is 0. The zero-order valence-corrected chi connectivity index (χ0v) is 14.1. The van der Waals surface area contributed by atoms with Gasteiger partial charge in [0.15, 0.2) is 0 Å². The van der Waals surface area contributed by atoms with E-state index in [0.717, 1.165) is 11.3 Å². The zero-order chi connectivity index (χ0) is 15.6. The molecule has 122 valence electrons. The molecule has 0 radical (unpaired) electrons. The summed E-state index contributed by atoms with van der Waals surface area (Å²) in [7, 11) is 1.75. The van der Waals surface area contributed by atoms with E-state index >= 15 is 0 Å². The van der Waals surface area contributed by atoms with E-state index in [2.05, 4.69) is 0 Å². The summed E-state index contributed by atoms with van der Waals surface area (Å²) in [5.74, 6) is -0.278. The van der Waals surface area contributed by atoms with Crippen molar-refractivity contribution in [3.8, 4) is 0 Å². The molecular formula is C16H24ClN3O2. The molecule has 1 aromatic rings. The van der Waals surface area contributed by atoms with Gasteiger partial charge in [-0.05, 0) is 26.0 Å². The second kappa shape index (κ2) is 7.61. The Morgan fingerprint density at radius 1 is 1.41 bits per heavy atom. The molecule has 0 aliphatic carbocycles. The highest BCUT2D eigenvalue weighted by Crippen LogP contribution is 2.26. The number of hydrogen-bond donors (Lipinski definition) is 1. The Morgan fingerprint density at radius 3 is 2.55 bits per heavy atom. The summed E-state index contributed by atoms with van der Waals surface area (Å²) in [4.78, 5) is 27.9. The normalized spacial score (nSPS) is 18.8. The number of carbonyl (C=O) groups excluding carboxylic acids is 2. The first-order chi connectivity index (χ1) is 9.93. The first kappa shape index (κ1) is 18.5. The molecule has 22 heavy (non-hydrogen) atoms. The maximum atomic E-state index is 12.4. The number of likely N-dealkylation sites (N-methyl/N-ethyl adjacent to an activating group) is 1. The van der Waals surface area contributed by atoms with E-state index in [1.165, 1.54) is 0 Å². The van der Waals surface area contributed by atoms with Gasteiger partial charge < -0.3 is 15.5 Å². The van der Waals surface area contributed by atoms with Crippen molar-refractivity contribution in [1.82, 2.24) is 4.90 Å². The molecule has 6 heteroatoms. The van der Waals surface area contributed by atoms with Crippen LogP contribution in [0, 0.1) is 12.8 Å². The predicted molar refractivity (Wildman–Crippen MR) is 90.2 cm³/mol. The fourth-order valence-electron chi connectivity index (χ4n) is 2.51. The van der Waals surface area contributed by atoms with Crippen LogP contribution in [0.1, 0.15) is 18.9 Å². The van der Waals surface area contributed by atoms with Crippen LogP contribution in [0.25, 0.3) is 0 Å². The average molecular weight is 326 g/mol. The van der Waals surface area contributed by atoms with Gasteiger partial charge in [0.1, 0.15) is 0 Å². The molecule has 1 heterocycles. The van der Waals surface area contributed by atoms with Gasteiger partial charge in [0.05, 0.1) is 5.92 Å². The number of benzene rings is 1. The average Bonchev–Trinajstić information content (AvgIpc) is 2.87. The summed E-state index contributed by atoms with van der Waals surface area (Å²) in [5.41, 5.74) is 7.60. The fourth-order valence-corrected chi connectivity index (χ4v) is 2.51. The van der Waals surface area contributed by atoms with Crippen molar-refractivity contribution in [2.45, 2.75) is 26.3 Å². The molecule has 1 aliphatic rings. The molecule has 2 atom stereocenters. The van der Waals surface area contributed by atoms with Crippen LogP contribution in [-0.2, 0) is 9.59 Å². The van der Waals surface area contributed by atoms with Crippen molar-refractivity contribution in [3.05, 3.63) is 29.8 Å². The van der Waals surface area contributed by atoms with Gasteiger partial charge in [-0.2, -0.15) is 0 Å². The third-order valence-electron chi connectivity index (χ3n) is 4.17. The number of nitrogens with two attached hydrogens (primary N) is 1. The number of anilines is 1. The van der Waals surface area contributed by atoms with Crippen LogP contribution in [0.3, 0.4) is 0 Å². The molecule has 1 aromatic carbocycles. The Hall–Kier alpha value is -1.59. The third-order valence-corrected chi connectivity index (χ3v) is 4.17. The highest BCUT2D eigenvalue weighted by Gasteiger charge is 2.37. The fraction of sp³-hybridized carbons (Fsp3) is 0.500. The Bertz CT molecular complexity index is 533. The number of halogens is 1. The monoisotopic (exact) mass is 325 g/mol. The van der Waals surface area contributed by atoms with Crippen molar-refractivity contribution in [1.29, 1.82) is 0 Å². The Morgan fingerprint density at radius 2 is 2.00 bits per heavy atom. The quantitative estimate of drug-likeness (QED) is 0.914. The van der Waals surface area contributed by atoms with Crippen molar-refractivity contribution in [3.63, 3.8) is 0 Å². The molecule has 0 saturated carbocycles. The van der Waals surface area contributed by atoms with Gasteiger partial charge in [-0.3, -0.25) is 9.59 Å². The van der Waals surface area contributed by atoms with Gasteiger partial charge in [0.2, 0.25) is 11.8 Å². The molecular weight excluding hydrogens is 302 g/mol. The summed E-state index contributed by atoms with van der Waals surface area (Å²) in [6, 6.07) is 7.78. The molecule has 5 nitrogen and oxygen atoms in total. The second-order valence-corrected chi connectivity index (χ2v) is 5.77. The Kier molecular flexibility index (Phi) is 6.38. The summed E-state index contributed by atoms with van der Waals surface area (Å²) in [6.45, 7) is 4.78. The summed E-state index contributed by atoms with van der Waals surface area (Å²) >= 11 is 0. The van der Waals surface area contributed by atoms with Crippen molar-refractivity contribution in [2.75, 3.05) is 25.0 Å². The highest BCUT2D eigenvalue weighted by molar-refractivity contribution is 6.00. The van der Waals surface area contributed by atoms with E-state index in [4.69, 9.17) is 5.73 Å². The van der Waals surface area contributed by atoms with E-state index in [0.29, 0.717) is 13.1 Å². The number of rotatable bonds is 4. The maximum Gasteiger partial charge on any atom is 0.228 e. The van der Waals surface area contributed by atoms with Gasteiger partial charge in [0, 0.05) is 38.3 Å². The van der Waals surface area contributed by atoms with Crippen LogP contribution in [0.5, 0.6) is 0 Å².